The van der Waals surface area contributed by atoms with E-state index in [4.69, 9.17) is 0 Å². The summed E-state index contributed by atoms with van der Waals surface area (Å²) in [7, 11) is -1.28. The molecule has 0 radical (unpaired) electrons. The first-order chi connectivity index (χ1) is 12.9. The molecule has 0 saturated carbocycles. The molecule has 0 aliphatic carbocycles. The topological polar surface area (TPSA) is 85.8 Å². The van der Waals surface area contributed by atoms with E-state index in [1.165, 1.54) is 10.6 Å². The summed E-state index contributed by atoms with van der Waals surface area (Å²) < 4.78 is 25.3. The lowest BCUT2D eigenvalue weighted by Crippen LogP contribution is -2.51. The van der Waals surface area contributed by atoms with Crippen molar-refractivity contribution in [2.45, 2.75) is 31.8 Å². The molecule has 1 N–H and O–H groups in total. The summed E-state index contributed by atoms with van der Waals surface area (Å²) in [6.45, 7) is 4.53. The first-order valence-corrected chi connectivity index (χ1v) is 11.3. The Morgan fingerprint density at radius 3 is 2.67 bits per heavy atom. The second-order valence-corrected chi connectivity index (χ2v) is 9.31. The Balaban J connectivity index is 1.67. The Kier molecular flexibility index (Phi) is 6.33. The van der Waals surface area contributed by atoms with Gasteiger partial charge in [-0.3, -0.25) is 4.79 Å². The summed E-state index contributed by atoms with van der Waals surface area (Å²) in [5.74, 6) is 0.669. The van der Waals surface area contributed by atoms with E-state index in [9.17, 15) is 13.2 Å². The molecule has 0 bridgehead atoms. The molecule has 0 spiro atoms. The van der Waals surface area contributed by atoms with E-state index < -0.39 is 16.1 Å². The van der Waals surface area contributed by atoms with Crippen molar-refractivity contribution in [1.29, 1.82) is 0 Å². The smallest absolute Gasteiger partial charge is 0.238 e. The first kappa shape index (κ1) is 20.0. The van der Waals surface area contributed by atoms with Gasteiger partial charge in [0.2, 0.25) is 15.9 Å². The molecular weight excluding hydrogens is 366 g/mol. The van der Waals surface area contributed by atoms with E-state index in [-0.39, 0.29) is 5.91 Å². The number of sulfonamides is 1. The number of nitrogens with one attached hydrogen (secondary N) is 1. The van der Waals surface area contributed by atoms with Crippen LogP contribution in [0.4, 0.5) is 5.82 Å². The van der Waals surface area contributed by atoms with E-state index in [0.29, 0.717) is 19.5 Å². The number of hydrogen-bond acceptors (Lipinski definition) is 6. The molecule has 8 nitrogen and oxygen atoms in total. The lowest BCUT2D eigenvalue weighted by atomic mass is 10.0. The van der Waals surface area contributed by atoms with E-state index in [1.54, 1.807) is 6.20 Å². The molecule has 1 amide bonds. The first-order valence-electron chi connectivity index (χ1n) is 9.48. The lowest BCUT2D eigenvalue weighted by Gasteiger charge is -2.34. The van der Waals surface area contributed by atoms with Crippen molar-refractivity contribution >= 4 is 21.7 Å². The maximum atomic E-state index is 12.7. The number of carbonyl (C=O) groups is 1. The summed E-state index contributed by atoms with van der Waals surface area (Å²) in [6.07, 6.45) is 5.17. The minimum absolute atomic E-state index is 0.228. The van der Waals surface area contributed by atoms with Gasteiger partial charge in [-0.2, -0.15) is 4.31 Å². The molecular formula is C18H29N5O3S. The minimum atomic E-state index is -3.39. The molecule has 3 heterocycles. The van der Waals surface area contributed by atoms with E-state index in [2.05, 4.69) is 27.1 Å². The number of hydrogen-bond donors (Lipinski definition) is 1. The largest absolute Gasteiger partial charge is 0.354 e. The fourth-order valence-corrected chi connectivity index (χ4v) is 4.86. The molecule has 2 aliphatic rings. The maximum Gasteiger partial charge on any atom is 0.238 e. The molecule has 1 aromatic rings. The number of piperidine rings is 1. The van der Waals surface area contributed by atoms with Gasteiger partial charge in [-0.05, 0) is 26.0 Å². The molecule has 27 heavy (non-hydrogen) atoms. The Labute approximate surface area is 161 Å². The van der Waals surface area contributed by atoms with Gasteiger partial charge in [0.15, 0.2) is 0 Å². The Bertz CT molecular complexity index is 762. The molecule has 150 valence electrons. The summed E-state index contributed by atoms with van der Waals surface area (Å²) >= 11 is 0. The number of anilines is 1. The average molecular weight is 396 g/mol. The number of carbonyl (C=O) groups excluding carboxylic acids is 1. The van der Waals surface area contributed by atoms with Gasteiger partial charge in [0.25, 0.3) is 0 Å². The number of amides is 1. The van der Waals surface area contributed by atoms with Crippen LogP contribution in [0.3, 0.4) is 0 Å². The second kappa shape index (κ2) is 8.53. The number of likely N-dealkylation sites (N-methyl/N-ethyl adjacent to an activating group) is 1. The van der Waals surface area contributed by atoms with Crippen molar-refractivity contribution in [1.82, 2.24) is 19.5 Å². The second-order valence-electron chi connectivity index (χ2n) is 7.38. The van der Waals surface area contributed by atoms with Gasteiger partial charge >= 0.3 is 0 Å². The van der Waals surface area contributed by atoms with Crippen molar-refractivity contribution < 1.29 is 13.2 Å². The van der Waals surface area contributed by atoms with E-state index >= 15 is 0 Å². The van der Waals surface area contributed by atoms with Crippen molar-refractivity contribution in [2.24, 2.45) is 0 Å². The van der Waals surface area contributed by atoms with Crippen LogP contribution in [0.25, 0.3) is 0 Å². The highest BCUT2D eigenvalue weighted by atomic mass is 32.2. The third-order valence-corrected chi connectivity index (χ3v) is 6.59. The number of rotatable bonds is 5. The Morgan fingerprint density at radius 1 is 1.22 bits per heavy atom. The highest BCUT2D eigenvalue weighted by molar-refractivity contribution is 7.88. The fourth-order valence-electron chi connectivity index (χ4n) is 3.74. The number of aromatic nitrogens is 1. The number of piperazine rings is 1. The summed E-state index contributed by atoms with van der Waals surface area (Å²) in [6, 6.07) is 3.22. The van der Waals surface area contributed by atoms with Gasteiger partial charge in [0.05, 0.1) is 6.26 Å². The fraction of sp³-hybridized carbons (Fsp3) is 0.667. The van der Waals surface area contributed by atoms with Crippen molar-refractivity contribution in [3.63, 3.8) is 0 Å². The summed E-state index contributed by atoms with van der Waals surface area (Å²) in [5, 5.41) is 2.94. The van der Waals surface area contributed by atoms with E-state index in [1.807, 2.05) is 12.1 Å². The lowest BCUT2D eigenvalue weighted by molar-refractivity contribution is -0.125. The standard InChI is InChI=1S/C18H29N5O3S/c1-21-10-12-22(13-11-21)17-15(6-5-8-19-17)14-20-18(24)16-7-3-4-9-23(16)27(2,25)26/h5-6,8,16H,3-4,7,9-14H2,1-2H3,(H,20,24). The van der Waals surface area contributed by atoms with Gasteiger partial charge in [-0.15, -0.1) is 0 Å². The number of pyridine rings is 1. The molecule has 2 aliphatic heterocycles. The van der Waals surface area contributed by atoms with Crippen LogP contribution in [0.2, 0.25) is 0 Å². The molecule has 2 saturated heterocycles. The van der Waals surface area contributed by atoms with Gasteiger partial charge in [0.1, 0.15) is 11.9 Å². The molecule has 1 aromatic heterocycles. The third kappa shape index (κ3) is 4.97. The monoisotopic (exact) mass is 395 g/mol. The van der Waals surface area contributed by atoms with Crippen LogP contribution in [0.1, 0.15) is 24.8 Å². The molecule has 3 rings (SSSR count). The summed E-state index contributed by atoms with van der Waals surface area (Å²) in [5.41, 5.74) is 0.956. The SMILES string of the molecule is CN1CCN(c2ncccc2CNC(=O)C2CCCCN2S(C)(=O)=O)CC1. The quantitative estimate of drug-likeness (QED) is 0.770. The zero-order chi connectivity index (χ0) is 19.4. The van der Waals surface area contributed by atoms with Crippen LogP contribution < -0.4 is 10.2 Å². The van der Waals surface area contributed by atoms with Gasteiger partial charge in [-0.25, -0.2) is 13.4 Å². The third-order valence-electron chi connectivity index (χ3n) is 5.31. The summed E-state index contributed by atoms with van der Waals surface area (Å²) in [4.78, 5) is 21.7. The average Bonchev–Trinajstić information content (AvgIpc) is 2.66. The van der Waals surface area contributed by atoms with Gasteiger partial charge in [0, 0.05) is 51.0 Å². The van der Waals surface area contributed by atoms with Crippen molar-refractivity contribution in [3.8, 4) is 0 Å². The van der Waals surface area contributed by atoms with Crippen LogP contribution in [0, 0.1) is 0 Å². The molecule has 2 fully saturated rings. The van der Waals surface area contributed by atoms with E-state index in [0.717, 1.165) is 50.4 Å². The van der Waals surface area contributed by atoms with Crippen LogP contribution in [-0.2, 0) is 21.4 Å². The predicted molar refractivity (Wildman–Crippen MR) is 105 cm³/mol. The zero-order valence-electron chi connectivity index (χ0n) is 16.1. The zero-order valence-corrected chi connectivity index (χ0v) is 16.9. The van der Waals surface area contributed by atoms with Crippen molar-refractivity contribution in [3.05, 3.63) is 23.9 Å². The van der Waals surface area contributed by atoms with Crippen LogP contribution in [0.15, 0.2) is 18.3 Å². The highest BCUT2D eigenvalue weighted by Gasteiger charge is 2.34. The molecule has 9 heteroatoms. The molecule has 1 atom stereocenters. The van der Waals surface area contributed by atoms with Gasteiger partial charge < -0.3 is 15.1 Å². The van der Waals surface area contributed by atoms with Gasteiger partial charge in [-0.1, -0.05) is 12.5 Å². The Hall–Kier alpha value is -1.71. The molecule has 0 aromatic carbocycles. The minimum Gasteiger partial charge on any atom is -0.354 e. The van der Waals surface area contributed by atoms with Crippen LogP contribution in [-0.4, -0.2) is 80.6 Å². The predicted octanol–water partition coefficient (Wildman–Crippen LogP) is 0.264. The Morgan fingerprint density at radius 2 is 1.96 bits per heavy atom. The highest BCUT2D eigenvalue weighted by Crippen LogP contribution is 2.21. The molecule has 1 unspecified atom stereocenters. The van der Waals surface area contributed by atoms with Crippen LogP contribution in [0.5, 0.6) is 0 Å². The van der Waals surface area contributed by atoms with Crippen LogP contribution >= 0.6 is 0 Å². The normalized spacial score (nSPS) is 22.6. The number of nitrogens with zero attached hydrogens (tertiary/aromatic N) is 4. The van der Waals surface area contributed by atoms with Crippen molar-refractivity contribution in [2.75, 3.05) is 50.9 Å². The maximum absolute atomic E-state index is 12.7.